The van der Waals surface area contributed by atoms with Crippen molar-refractivity contribution < 1.29 is 9.53 Å². The number of ether oxygens (including phenoxy) is 1. The van der Waals surface area contributed by atoms with Gasteiger partial charge in [-0.05, 0) is 31.2 Å². The first kappa shape index (κ1) is 11.7. The molecule has 88 valence electrons. The maximum atomic E-state index is 12.0. The SMILES string of the molecule is CCOC(=O)c1ccc2cc(Cl)ccn2c1=O. The van der Waals surface area contributed by atoms with Crippen molar-refractivity contribution >= 4 is 23.1 Å². The van der Waals surface area contributed by atoms with Crippen LogP contribution in [-0.4, -0.2) is 17.0 Å². The number of pyridine rings is 2. The molecule has 2 heterocycles. The molecule has 2 rings (SSSR count). The predicted molar refractivity (Wildman–Crippen MR) is 64.6 cm³/mol. The fourth-order valence-corrected chi connectivity index (χ4v) is 1.71. The molecular weight excluding hydrogens is 242 g/mol. The third-order valence-corrected chi connectivity index (χ3v) is 2.55. The van der Waals surface area contributed by atoms with Gasteiger partial charge in [-0.15, -0.1) is 0 Å². The number of carbonyl (C=O) groups is 1. The van der Waals surface area contributed by atoms with Gasteiger partial charge in [0.2, 0.25) is 0 Å². The van der Waals surface area contributed by atoms with Crippen LogP contribution in [0.3, 0.4) is 0 Å². The van der Waals surface area contributed by atoms with Gasteiger partial charge < -0.3 is 4.74 Å². The molecule has 0 atom stereocenters. The standard InChI is InChI=1S/C12H10ClNO3/c1-2-17-12(16)10-4-3-9-7-8(13)5-6-14(9)11(10)15/h3-7H,2H2,1H3. The third-order valence-electron chi connectivity index (χ3n) is 2.31. The number of esters is 1. The highest BCUT2D eigenvalue weighted by Gasteiger charge is 2.12. The van der Waals surface area contributed by atoms with E-state index in [9.17, 15) is 9.59 Å². The van der Waals surface area contributed by atoms with Crippen LogP contribution in [-0.2, 0) is 4.74 Å². The maximum absolute atomic E-state index is 12.0. The summed E-state index contributed by atoms with van der Waals surface area (Å²) in [7, 11) is 0. The van der Waals surface area contributed by atoms with Crippen molar-refractivity contribution in [2.75, 3.05) is 6.61 Å². The molecule has 0 aliphatic rings. The number of hydrogen-bond acceptors (Lipinski definition) is 3. The molecule has 2 aromatic rings. The molecule has 5 heteroatoms. The number of carbonyl (C=O) groups excluding carboxylic acids is 1. The zero-order valence-corrected chi connectivity index (χ0v) is 9.90. The molecular formula is C12H10ClNO3. The van der Waals surface area contributed by atoms with Crippen molar-refractivity contribution in [3.05, 3.63) is 51.4 Å². The van der Waals surface area contributed by atoms with Crippen molar-refractivity contribution in [2.24, 2.45) is 0 Å². The molecule has 0 radical (unpaired) electrons. The first-order valence-electron chi connectivity index (χ1n) is 5.11. The molecule has 0 saturated heterocycles. The zero-order valence-electron chi connectivity index (χ0n) is 9.14. The van der Waals surface area contributed by atoms with Crippen LogP contribution >= 0.6 is 11.6 Å². The van der Waals surface area contributed by atoms with E-state index in [1.165, 1.54) is 16.7 Å². The average molecular weight is 252 g/mol. The van der Waals surface area contributed by atoms with Crippen molar-refractivity contribution in [2.45, 2.75) is 6.92 Å². The second-order valence-electron chi connectivity index (χ2n) is 3.41. The summed E-state index contributed by atoms with van der Waals surface area (Å²) in [6, 6.07) is 6.34. The zero-order chi connectivity index (χ0) is 12.4. The number of hydrogen-bond donors (Lipinski definition) is 0. The van der Waals surface area contributed by atoms with Gasteiger partial charge in [-0.3, -0.25) is 9.20 Å². The maximum Gasteiger partial charge on any atom is 0.343 e. The molecule has 0 N–H and O–H groups in total. The van der Waals surface area contributed by atoms with Gasteiger partial charge in [0.1, 0.15) is 5.56 Å². The topological polar surface area (TPSA) is 47.8 Å². The third kappa shape index (κ3) is 2.17. The first-order valence-corrected chi connectivity index (χ1v) is 5.49. The Balaban J connectivity index is 2.62. The van der Waals surface area contributed by atoms with Crippen LogP contribution in [0.2, 0.25) is 5.02 Å². The monoisotopic (exact) mass is 251 g/mol. The Kier molecular flexibility index (Phi) is 3.15. The van der Waals surface area contributed by atoms with Crippen LogP contribution in [0.25, 0.3) is 5.52 Å². The number of halogens is 1. The lowest BCUT2D eigenvalue weighted by atomic mass is 10.2. The summed E-state index contributed by atoms with van der Waals surface area (Å²) in [5, 5.41) is 0.535. The highest BCUT2D eigenvalue weighted by Crippen LogP contribution is 2.11. The van der Waals surface area contributed by atoms with Crippen molar-refractivity contribution in [1.29, 1.82) is 0 Å². The summed E-state index contributed by atoms with van der Waals surface area (Å²) in [6.45, 7) is 1.93. The van der Waals surface area contributed by atoms with E-state index in [4.69, 9.17) is 16.3 Å². The second-order valence-corrected chi connectivity index (χ2v) is 3.85. The highest BCUT2D eigenvalue weighted by molar-refractivity contribution is 6.30. The summed E-state index contributed by atoms with van der Waals surface area (Å²) in [5.74, 6) is -0.609. The molecule has 2 aromatic heterocycles. The molecule has 0 unspecified atom stereocenters. The normalized spacial score (nSPS) is 10.5. The van der Waals surface area contributed by atoms with Crippen LogP contribution < -0.4 is 5.56 Å². The van der Waals surface area contributed by atoms with Crippen LogP contribution in [0, 0.1) is 0 Å². The fraction of sp³-hybridized carbons (Fsp3) is 0.167. The van der Waals surface area contributed by atoms with Gasteiger partial charge in [-0.25, -0.2) is 4.79 Å². The summed E-state index contributed by atoms with van der Waals surface area (Å²) in [6.07, 6.45) is 1.53. The minimum Gasteiger partial charge on any atom is -0.462 e. The quantitative estimate of drug-likeness (QED) is 0.769. The van der Waals surface area contributed by atoms with Crippen molar-refractivity contribution in [1.82, 2.24) is 4.40 Å². The minimum atomic E-state index is -0.609. The smallest absolute Gasteiger partial charge is 0.343 e. The van der Waals surface area contributed by atoms with Gasteiger partial charge in [0.05, 0.1) is 12.1 Å². The molecule has 0 aliphatic heterocycles. The number of fused-ring (bicyclic) bond motifs is 1. The first-order chi connectivity index (χ1) is 8.13. The molecule has 17 heavy (non-hydrogen) atoms. The average Bonchev–Trinajstić information content (AvgIpc) is 2.29. The van der Waals surface area contributed by atoms with Crippen molar-refractivity contribution in [3.63, 3.8) is 0 Å². The van der Waals surface area contributed by atoms with Crippen LogP contribution in [0.5, 0.6) is 0 Å². The molecule has 0 amide bonds. The molecule has 4 nitrogen and oxygen atoms in total. The lowest BCUT2D eigenvalue weighted by Gasteiger charge is -2.04. The van der Waals surface area contributed by atoms with Gasteiger partial charge in [0.25, 0.3) is 5.56 Å². The molecule has 0 aliphatic carbocycles. The Morgan fingerprint density at radius 3 is 2.88 bits per heavy atom. The van der Waals surface area contributed by atoms with E-state index in [1.807, 2.05) is 0 Å². The second kappa shape index (κ2) is 4.59. The predicted octanol–water partition coefficient (Wildman–Crippen LogP) is 2.13. The Morgan fingerprint density at radius 1 is 1.41 bits per heavy atom. The lowest BCUT2D eigenvalue weighted by Crippen LogP contribution is -2.23. The molecule has 0 saturated carbocycles. The highest BCUT2D eigenvalue weighted by atomic mass is 35.5. The van der Waals surface area contributed by atoms with Gasteiger partial charge >= 0.3 is 5.97 Å². The van der Waals surface area contributed by atoms with E-state index in [1.54, 1.807) is 25.1 Å². The van der Waals surface area contributed by atoms with Crippen LogP contribution in [0.1, 0.15) is 17.3 Å². The van der Waals surface area contributed by atoms with Gasteiger partial charge in [0, 0.05) is 11.2 Å². The summed E-state index contributed by atoms with van der Waals surface area (Å²) < 4.78 is 6.16. The molecule has 0 aromatic carbocycles. The van der Waals surface area contributed by atoms with E-state index in [0.29, 0.717) is 10.5 Å². The molecule has 0 bridgehead atoms. The van der Waals surface area contributed by atoms with Crippen LogP contribution in [0.15, 0.2) is 35.3 Å². The largest absolute Gasteiger partial charge is 0.462 e. The Bertz CT molecular complexity index is 633. The van der Waals surface area contributed by atoms with Crippen LogP contribution in [0.4, 0.5) is 0 Å². The van der Waals surface area contributed by atoms with E-state index in [0.717, 1.165) is 0 Å². The lowest BCUT2D eigenvalue weighted by molar-refractivity contribution is 0.0524. The van der Waals surface area contributed by atoms with Gasteiger partial charge in [-0.2, -0.15) is 0 Å². The Labute approximate surface area is 102 Å². The Morgan fingerprint density at radius 2 is 2.18 bits per heavy atom. The Hall–Kier alpha value is -1.81. The van der Waals surface area contributed by atoms with E-state index in [2.05, 4.69) is 0 Å². The number of rotatable bonds is 2. The summed E-state index contributed by atoms with van der Waals surface area (Å²) in [5.41, 5.74) is 0.250. The number of aromatic nitrogens is 1. The van der Waals surface area contributed by atoms with E-state index < -0.39 is 11.5 Å². The van der Waals surface area contributed by atoms with Crippen molar-refractivity contribution in [3.8, 4) is 0 Å². The molecule has 0 spiro atoms. The van der Waals surface area contributed by atoms with Gasteiger partial charge in [-0.1, -0.05) is 11.6 Å². The summed E-state index contributed by atoms with van der Waals surface area (Å²) in [4.78, 5) is 23.5. The number of nitrogens with zero attached hydrogens (tertiary/aromatic N) is 1. The fourth-order valence-electron chi connectivity index (χ4n) is 1.54. The van der Waals surface area contributed by atoms with Gasteiger partial charge in [0.15, 0.2) is 0 Å². The minimum absolute atomic E-state index is 0.0201. The van der Waals surface area contributed by atoms with E-state index in [-0.39, 0.29) is 12.2 Å². The van der Waals surface area contributed by atoms with E-state index >= 15 is 0 Å². The summed E-state index contributed by atoms with van der Waals surface area (Å²) >= 11 is 5.82. The molecule has 0 fully saturated rings.